The van der Waals surface area contributed by atoms with Crippen LogP contribution >= 0.6 is 15.9 Å². The fourth-order valence-electron chi connectivity index (χ4n) is 1.38. The molecule has 0 radical (unpaired) electrons. The van der Waals surface area contributed by atoms with Crippen molar-refractivity contribution in [2.75, 3.05) is 0 Å². The molecule has 0 fully saturated rings. The maximum atomic E-state index is 13.6. The second-order valence-electron chi connectivity index (χ2n) is 3.60. The number of hydrogen-bond donors (Lipinski definition) is 1. The van der Waals surface area contributed by atoms with Crippen molar-refractivity contribution in [1.82, 2.24) is 0 Å². The molecular formula is C11H9BrFNO2. The number of carboxylic acids is 1. The van der Waals surface area contributed by atoms with E-state index in [9.17, 15) is 9.18 Å². The third-order valence-electron chi connectivity index (χ3n) is 2.43. The van der Waals surface area contributed by atoms with Gasteiger partial charge >= 0.3 is 5.97 Å². The van der Waals surface area contributed by atoms with E-state index >= 15 is 0 Å². The predicted molar refractivity (Wildman–Crippen MR) is 59.3 cm³/mol. The zero-order valence-corrected chi connectivity index (χ0v) is 10.1. The summed E-state index contributed by atoms with van der Waals surface area (Å²) < 4.78 is 14.2. The number of halogens is 2. The van der Waals surface area contributed by atoms with Crippen LogP contribution in [0.25, 0.3) is 0 Å². The van der Waals surface area contributed by atoms with Gasteiger partial charge in [-0.1, -0.05) is 22.0 Å². The first-order valence-electron chi connectivity index (χ1n) is 4.47. The Morgan fingerprint density at radius 2 is 2.31 bits per heavy atom. The number of aliphatic carboxylic acids is 1. The molecule has 3 nitrogen and oxygen atoms in total. The van der Waals surface area contributed by atoms with E-state index in [0.29, 0.717) is 4.47 Å². The lowest BCUT2D eigenvalue weighted by molar-refractivity contribution is -0.143. The summed E-state index contributed by atoms with van der Waals surface area (Å²) in [4.78, 5) is 11.1. The van der Waals surface area contributed by atoms with Crippen LogP contribution in [0.4, 0.5) is 4.39 Å². The molecule has 1 rings (SSSR count). The Morgan fingerprint density at radius 1 is 1.69 bits per heavy atom. The Hall–Kier alpha value is -1.41. The van der Waals surface area contributed by atoms with Gasteiger partial charge in [-0.3, -0.25) is 4.79 Å². The molecule has 16 heavy (non-hydrogen) atoms. The number of benzene rings is 1. The van der Waals surface area contributed by atoms with Crippen molar-refractivity contribution < 1.29 is 14.3 Å². The van der Waals surface area contributed by atoms with Gasteiger partial charge in [0.1, 0.15) is 11.2 Å². The van der Waals surface area contributed by atoms with Gasteiger partial charge in [0.25, 0.3) is 0 Å². The fourth-order valence-corrected chi connectivity index (χ4v) is 1.71. The molecule has 0 aromatic heterocycles. The number of hydrogen-bond acceptors (Lipinski definition) is 2. The maximum absolute atomic E-state index is 13.6. The lowest BCUT2D eigenvalue weighted by atomic mass is 9.80. The minimum atomic E-state index is -1.51. The molecule has 0 aliphatic heterocycles. The fraction of sp³-hybridized carbons (Fsp3) is 0.273. The summed E-state index contributed by atoms with van der Waals surface area (Å²) in [5, 5.41) is 17.7. The highest BCUT2D eigenvalue weighted by molar-refractivity contribution is 9.10. The second kappa shape index (κ2) is 4.62. The van der Waals surface area contributed by atoms with Gasteiger partial charge in [0.2, 0.25) is 0 Å². The first kappa shape index (κ1) is 12.7. The average molecular weight is 286 g/mol. The highest BCUT2D eigenvalue weighted by Gasteiger charge is 2.37. The molecule has 0 heterocycles. The van der Waals surface area contributed by atoms with Crippen molar-refractivity contribution >= 4 is 21.9 Å². The summed E-state index contributed by atoms with van der Waals surface area (Å²) in [6.07, 6.45) is -0.277. The largest absolute Gasteiger partial charge is 0.481 e. The van der Waals surface area contributed by atoms with E-state index in [1.807, 2.05) is 0 Å². The smallest absolute Gasteiger partial charge is 0.315 e. The molecule has 0 bridgehead atoms. The van der Waals surface area contributed by atoms with E-state index in [2.05, 4.69) is 15.9 Å². The summed E-state index contributed by atoms with van der Waals surface area (Å²) in [6, 6.07) is 5.89. The molecular weight excluding hydrogens is 277 g/mol. The minimum Gasteiger partial charge on any atom is -0.481 e. The van der Waals surface area contributed by atoms with Crippen LogP contribution in [0, 0.1) is 17.1 Å². The summed E-state index contributed by atoms with van der Waals surface area (Å²) in [5.41, 5.74) is -1.50. The number of carboxylic acid groups (broad SMARTS) is 1. The summed E-state index contributed by atoms with van der Waals surface area (Å²) >= 11 is 3.09. The van der Waals surface area contributed by atoms with Crippen LogP contribution in [0.3, 0.4) is 0 Å². The molecule has 0 amide bonds. The van der Waals surface area contributed by atoms with Gasteiger partial charge in [0, 0.05) is 10.0 Å². The average Bonchev–Trinajstić information content (AvgIpc) is 2.17. The molecule has 84 valence electrons. The second-order valence-corrected chi connectivity index (χ2v) is 4.51. The van der Waals surface area contributed by atoms with Gasteiger partial charge in [-0.15, -0.1) is 0 Å². The molecule has 0 saturated heterocycles. The number of nitriles is 1. The molecule has 1 atom stereocenters. The topological polar surface area (TPSA) is 61.1 Å². The summed E-state index contributed by atoms with van der Waals surface area (Å²) in [7, 11) is 0. The Morgan fingerprint density at radius 3 is 2.75 bits per heavy atom. The van der Waals surface area contributed by atoms with E-state index in [4.69, 9.17) is 10.4 Å². The number of nitrogens with zero attached hydrogens (tertiary/aromatic N) is 1. The predicted octanol–water partition coefficient (Wildman–Crippen LogP) is 2.84. The third-order valence-corrected chi connectivity index (χ3v) is 2.92. The SMILES string of the molecule is CC(CC#N)(C(=O)O)c1ccc(Br)cc1F. The summed E-state index contributed by atoms with van der Waals surface area (Å²) in [5.74, 6) is -1.84. The van der Waals surface area contributed by atoms with Crippen LogP contribution in [-0.4, -0.2) is 11.1 Å². The standard InChI is InChI=1S/C11H9BrFNO2/c1-11(4-5-14,10(15)16)8-3-2-7(12)6-9(8)13/h2-3,6H,4H2,1H3,(H,15,16). The highest BCUT2D eigenvalue weighted by atomic mass is 79.9. The van der Waals surface area contributed by atoms with Crippen molar-refractivity contribution in [1.29, 1.82) is 5.26 Å². The lowest BCUT2D eigenvalue weighted by Gasteiger charge is -2.22. The van der Waals surface area contributed by atoms with Crippen molar-refractivity contribution in [2.45, 2.75) is 18.8 Å². The first-order valence-corrected chi connectivity index (χ1v) is 5.27. The van der Waals surface area contributed by atoms with E-state index in [-0.39, 0.29) is 12.0 Å². The zero-order valence-electron chi connectivity index (χ0n) is 8.50. The number of carbonyl (C=O) groups is 1. The van der Waals surface area contributed by atoms with E-state index in [1.165, 1.54) is 19.1 Å². The zero-order chi connectivity index (χ0) is 12.3. The summed E-state index contributed by atoms with van der Waals surface area (Å²) in [6.45, 7) is 1.34. The molecule has 1 unspecified atom stereocenters. The van der Waals surface area contributed by atoms with Crippen molar-refractivity contribution in [3.05, 3.63) is 34.1 Å². The Labute approximate surface area is 101 Å². The molecule has 1 N–H and O–H groups in total. The molecule has 1 aromatic rings. The van der Waals surface area contributed by atoms with Crippen LogP contribution in [0.15, 0.2) is 22.7 Å². The molecule has 0 aliphatic carbocycles. The van der Waals surface area contributed by atoms with E-state index < -0.39 is 17.2 Å². The highest BCUT2D eigenvalue weighted by Crippen LogP contribution is 2.31. The van der Waals surface area contributed by atoms with E-state index in [0.717, 1.165) is 0 Å². The Kier molecular flexibility index (Phi) is 3.66. The molecule has 5 heteroatoms. The number of rotatable bonds is 3. The monoisotopic (exact) mass is 285 g/mol. The third kappa shape index (κ3) is 2.22. The molecule has 0 aliphatic rings. The van der Waals surface area contributed by atoms with Crippen molar-refractivity contribution in [3.63, 3.8) is 0 Å². The van der Waals surface area contributed by atoms with Gasteiger partial charge in [-0.05, 0) is 19.1 Å². The normalized spacial score (nSPS) is 13.9. The van der Waals surface area contributed by atoms with Crippen molar-refractivity contribution in [3.8, 4) is 6.07 Å². The maximum Gasteiger partial charge on any atom is 0.315 e. The van der Waals surface area contributed by atoms with Crippen LogP contribution in [0.2, 0.25) is 0 Å². The van der Waals surface area contributed by atoms with Crippen LogP contribution in [0.1, 0.15) is 18.9 Å². The molecule has 0 saturated carbocycles. The van der Waals surface area contributed by atoms with Gasteiger partial charge in [-0.25, -0.2) is 4.39 Å². The molecule has 1 aromatic carbocycles. The van der Waals surface area contributed by atoms with Gasteiger partial charge in [0.15, 0.2) is 0 Å². The van der Waals surface area contributed by atoms with Crippen LogP contribution in [0.5, 0.6) is 0 Å². The minimum absolute atomic E-state index is 0.0183. The van der Waals surface area contributed by atoms with Gasteiger partial charge in [-0.2, -0.15) is 5.26 Å². The first-order chi connectivity index (χ1) is 7.41. The van der Waals surface area contributed by atoms with Crippen molar-refractivity contribution in [2.24, 2.45) is 0 Å². The van der Waals surface area contributed by atoms with Gasteiger partial charge < -0.3 is 5.11 Å². The Bertz CT molecular complexity index is 470. The quantitative estimate of drug-likeness (QED) is 0.929. The van der Waals surface area contributed by atoms with Crippen LogP contribution < -0.4 is 0 Å². The lowest BCUT2D eigenvalue weighted by Crippen LogP contribution is -2.33. The van der Waals surface area contributed by atoms with Crippen LogP contribution in [-0.2, 0) is 10.2 Å². The van der Waals surface area contributed by atoms with Gasteiger partial charge in [0.05, 0.1) is 12.5 Å². The van der Waals surface area contributed by atoms with E-state index in [1.54, 1.807) is 12.1 Å². The molecule has 0 spiro atoms. The Balaban J connectivity index is 3.33.